The highest BCUT2D eigenvalue weighted by atomic mass is 32.1. The van der Waals surface area contributed by atoms with Gasteiger partial charge in [0.05, 0.1) is 13.2 Å². The van der Waals surface area contributed by atoms with E-state index in [0.717, 1.165) is 23.5 Å². The van der Waals surface area contributed by atoms with E-state index in [2.05, 4.69) is 10.1 Å². The molecule has 0 saturated carbocycles. The first-order valence-corrected chi connectivity index (χ1v) is 8.25. The number of aromatic hydroxyl groups is 1. The first-order chi connectivity index (χ1) is 11.2. The number of ether oxygens (including phenoxy) is 1. The Morgan fingerprint density at radius 3 is 2.91 bits per heavy atom. The van der Waals surface area contributed by atoms with Crippen molar-refractivity contribution in [1.29, 1.82) is 0 Å². The van der Waals surface area contributed by atoms with Crippen molar-refractivity contribution in [2.24, 2.45) is 0 Å². The Balaban J connectivity index is 1.83. The fraction of sp³-hybridized carbons (Fsp3) is 0.333. The molecule has 0 bridgehead atoms. The largest absolute Gasteiger partial charge is 0.492 e. The maximum absolute atomic E-state index is 13.7. The van der Waals surface area contributed by atoms with Crippen molar-refractivity contribution in [2.45, 2.75) is 6.04 Å². The summed E-state index contributed by atoms with van der Waals surface area (Å²) < 4.78 is 20.6. The molecule has 1 aliphatic heterocycles. The Morgan fingerprint density at radius 2 is 2.17 bits per heavy atom. The van der Waals surface area contributed by atoms with Gasteiger partial charge in [-0.2, -0.15) is 9.61 Å². The number of nitrogens with one attached hydrogen (secondary N) is 1. The Labute approximate surface area is 135 Å². The molecule has 0 radical (unpaired) electrons. The molecule has 0 aliphatic carbocycles. The SMILES string of the molecule is Oc1c([C@H](c2cccc(F)c2)[NH+]2CCOCC2)sc2ncnn12. The third-order valence-corrected chi connectivity index (χ3v) is 5.23. The molecule has 8 heteroatoms. The molecule has 23 heavy (non-hydrogen) atoms. The van der Waals surface area contributed by atoms with Crippen LogP contribution in [-0.4, -0.2) is 46.0 Å². The summed E-state index contributed by atoms with van der Waals surface area (Å²) in [7, 11) is 0. The van der Waals surface area contributed by atoms with Gasteiger partial charge in [-0.25, -0.2) is 9.37 Å². The number of benzene rings is 1. The molecular weight excluding hydrogens is 319 g/mol. The molecule has 2 N–H and O–H groups in total. The molecule has 1 atom stereocenters. The molecule has 1 fully saturated rings. The van der Waals surface area contributed by atoms with E-state index in [1.807, 2.05) is 6.07 Å². The van der Waals surface area contributed by atoms with Gasteiger partial charge in [0.15, 0.2) is 6.04 Å². The third kappa shape index (κ3) is 2.58. The van der Waals surface area contributed by atoms with Crippen molar-refractivity contribution in [1.82, 2.24) is 14.6 Å². The van der Waals surface area contributed by atoms with Gasteiger partial charge < -0.3 is 14.7 Å². The smallest absolute Gasteiger partial charge is 0.235 e. The lowest BCUT2D eigenvalue weighted by Gasteiger charge is -2.31. The summed E-state index contributed by atoms with van der Waals surface area (Å²) >= 11 is 1.39. The average molecular weight is 335 g/mol. The Bertz CT molecular complexity index is 828. The second kappa shape index (κ2) is 5.88. The van der Waals surface area contributed by atoms with Crippen LogP contribution < -0.4 is 4.90 Å². The topological polar surface area (TPSA) is 64.1 Å². The Hall–Kier alpha value is -2.03. The first-order valence-electron chi connectivity index (χ1n) is 7.43. The molecule has 1 aliphatic rings. The fourth-order valence-corrected chi connectivity index (χ4v) is 4.18. The molecule has 1 aromatic carbocycles. The van der Waals surface area contributed by atoms with Crippen LogP contribution in [-0.2, 0) is 4.74 Å². The summed E-state index contributed by atoms with van der Waals surface area (Å²) in [6.45, 7) is 2.91. The monoisotopic (exact) mass is 335 g/mol. The second-order valence-corrected chi connectivity index (χ2v) is 6.51. The minimum absolute atomic E-state index is 0.0794. The number of morpholine rings is 1. The highest BCUT2D eigenvalue weighted by Gasteiger charge is 2.33. The van der Waals surface area contributed by atoms with Crippen LogP contribution in [0.4, 0.5) is 4.39 Å². The quantitative estimate of drug-likeness (QED) is 0.737. The summed E-state index contributed by atoms with van der Waals surface area (Å²) in [5.41, 5.74) is 0.835. The van der Waals surface area contributed by atoms with Crippen molar-refractivity contribution >= 4 is 16.3 Å². The van der Waals surface area contributed by atoms with Crippen molar-refractivity contribution in [2.75, 3.05) is 26.3 Å². The van der Waals surface area contributed by atoms with Gasteiger partial charge in [0.25, 0.3) is 0 Å². The molecule has 6 nitrogen and oxygen atoms in total. The van der Waals surface area contributed by atoms with Gasteiger partial charge in [0.1, 0.15) is 30.1 Å². The van der Waals surface area contributed by atoms with Gasteiger partial charge in [0, 0.05) is 5.56 Å². The number of rotatable bonds is 3. The van der Waals surface area contributed by atoms with Crippen LogP contribution in [0.3, 0.4) is 0 Å². The van der Waals surface area contributed by atoms with Crippen LogP contribution in [0.1, 0.15) is 16.5 Å². The number of thiazole rings is 1. The highest BCUT2D eigenvalue weighted by molar-refractivity contribution is 7.17. The highest BCUT2D eigenvalue weighted by Crippen LogP contribution is 2.34. The predicted molar refractivity (Wildman–Crippen MR) is 82.3 cm³/mol. The summed E-state index contributed by atoms with van der Waals surface area (Å²) in [5, 5.41) is 14.6. The zero-order valence-corrected chi connectivity index (χ0v) is 13.1. The molecule has 3 aromatic rings. The number of hydrogen-bond acceptors (Lipinski definition) is 5. The van der Waals surface area contributed by atoms with E-state index in [9.17, 15) is 9.50 Å². The van der Waals surface area contributed by atoms with Gasteiger partial charge >= 0.3 is 0 Å². The lowest BCUT2D eigenvalue weighted by Crippen LogP contribution is -3.14. The average Bonchev–Trinajstić information content (AvgIpc) is 3.13. The predicted octanol–water partition coefficient (Wildman–Crippen LogP) is 0.640. The van der Waals surface area contributed by atoms with E-state index in [1.54, 1.807) is 6.07 Å². The molecule has 0 unspecified atom stereocenters. The van der Waals surface area contributed by atoms with Crippen LogP contribution in [0, 0.1) is 5.82 Å². The van der Waals surface area contributed by atoms with Crippen molar-refractivity contribution in [3.63, 3.8) is 0 Å². The summed E-state index contributed by atoms with van der Waals surface area (Å²) in [6.07, 6.45) is 1.41. The number of halogens is 1. The molecule has 120 valence electrons. The van der Waals surface area contributed by atoms with Crippen LogP contribution in [0.2, 0.25) is 0 Å². The van der Waals surface area contributed by atoms with Gasteiger partial charge in [-0.05, 0) is 12.1 Å². The fourth-order valence-electron chi connectivity index (χ4n) is 3.06. The van der Waals surface area contributed by atoms with Gasteiger partial charge in [-0.15, -0.1) is 0 Å². The van der Waals surface area contributed by atoms with E-state index in [-0.39, 0.29) is 17.7 Å². The standard InChI is InChI=1S/C15H15FN4O2S/c16-11-3-1-2-10(8-11)12(19-4-6-22-7-5-19)13-14(21)20-15(23-13)17-9-18-20/h1-3,8-9,12,21H,4-7H2/p+1/t12-/m0/s1. The molecular formula is C15H16FN4O2S+. The van der Waals surface area contributed by atoms with Crippen LogP contribution >= 0.6 is 11.3 Å². The minimum atomic E-state index is -0.279. The first kappa shape index (κ1) is 14.6. The Kier molecular flexibility index (Phi) is 3.72. The maximum Gasteiger partial charge on any atom is 0.235 e. The van der Waals surface area contributed by atoms with E-state index in [1.165, 1.54) is 39.2 Å². The lowest BCUT2D eigenvalue weighted by molar-refractivity contribution is -0.932. The van der Waals surface area contributed by atoms with Gasteiger partial charge in [0.2, 0.25) is 10.8 Å². The minimum Gasteiger partial charge on any atom is -0.492 e. The third-order valence-electron chi connectivity index (χ3n) is 4.13. The van der Waals surface area contributed by atoms with E-state index >= 15 is 0 Å². The Morgan fingerprint density at radius 1 is 1.35 bits per heavy atom. The van der Waals surface area contributed by atoms with Crippen molar-refractivity contribution in [3.05, 3.63) is 46.9 Å². The molecule has 0 amide bonds. The number of fused-ring (bicyclic) bond motifs is 1. The molecule has 2 aromatic heterocycles. The zero-order chi connectivity index (χ0) is 15.8. The van der Waals surface area contributed by atoms with Crippen molar-refractivity contribution < 1.29 is 19.1 Å². The summed E-state index contributed by atoms with van der Waals surface area (Å²) in [4.78, 5) is 6.76. The number of hydrogen-bond donors (Lipinski definition) is 2. The maximum atomic E-state index is 13.7. The zero-order valence-electron chi connectivity index (χ0n) is 12.3. The molecule has 0 spiro atoms. The van der Waals surface area contributed by atoms with E-state index < -0.39 is 0 Å². The molecule has 1 saturated heterocycles. The summed E-state index contributed by atoms with van der Waals surface area (Å²) in [5.74, 6) is -0.199. The number of nitrogens with zero attached hydrogens (tertiary/aromatic N) is 3. The number of quaternary nitrogens is 1. The van der Waals surface area contributed by atoms with Gasteiger partial charge in [-0.1, -0.05) is 23.5 Å². The molecule has 3 heterocycles. The van der Waals surface area contributed by atoms with E-state index in [0.29, 0.717) is 18.2 Å². The van der Waals surface area contributed by atoms with Crippen LogP contribution in [0.5, 0.6) is 5.88 Å². The van der Waals surface area contributed by atoms with Crippen molar-refractivity contribution in [3.8, 4) is 5.88 Å². The van der Waals surface area contributed by atoms with Gasteiger partial charge in [-0.3, -0.25) is 0 Å². The van der Waals surface area contributed by atoms with Crippen LogP contribution in [0.15, 0.2) is 30.6 Å². The number of aromatic nitrogens is 3. The molecule has 4 rings (SSSR count). The van der Waals surface area contributed by atoms with E-state index in [4.69, 9.17) is 4.74 Å². The lowest BCUT2D eigenvalue weighted by atomic mass is 10.0. The van der Waals surface area contributed by atoms with Crippen LogP contribution in [0.25, 0.3) is 4.96 Å². The normalized spacial score (nSPS) is 17.6. The second-order valence-electron chi connectivity index (χ2n) is 5.50. The summed E-state index contributed by atoms with van der Waals surface area (Å²) in [6, 6.07) is 6.39.